The summed E-state index contributed by atoms with van der Waals surface area (Å²) in [5.74, 6) is 4.67. The Balaban J connectivity index is 1.84. The highest BCUT2D eigenvalue weighted by atomic mass is 32.2. The molecule has 0 unspecified atom stereocenters. The highest BCUT2D eigenvalue weighted by Gasteiger charge is 2.53. The van der Waals surface area contributed by atoms with Crippen molar-refractivity contribution in [2.75, 3.05) is 19.7 Å². The number of nitrogens with one attached hydrogen (secondary N) is 1. The van der Waals surface area contributed by atoms with E-state index in [1.165, 1.54) is 46.0 Å². The van der Waals surface area contributed by atoms with Crippen LogP contribution in [0.2, 0.25) is 0 Å². The van der Waals surface area contributed by atoms with Crippen molar-refractivity contribution in [1.82, 2.24) is 10.4 Å². The summed E-state index contributed by atoms with van der Waals surface area (Å²) in [5, 5.41) is 11.1. The zero-order chi connectivity index (χ0) is 22.5. The van der Waals surface area contributed by atoms with Crippen LogP contribution in [0.1, 0.15) is 29.4 Å². The van der Waals surface area contributed by atoms with Crippen LogP contribution in [0, 0.1) is 11.8 Å². The summed E-state index contributed by atoms with van der Waals surface area (Å²) in [4.78, 5) is 27.2. The Hall–Kier alpha value is -2.87. The molecule has 2 N–H and O–H groups in total. The van der Waals surface area contributed by atoms with Crippen LogP contribution < -0.4 is 10.2 Å². The van der Waals surface area contributed by atoms with Crippen LogP contribution in [0.4, 0.5) is 0 Å². The maximum atomic E-state index is 13.4. The first kappa shape index (κ1) is 22.8. The molecule has 2 amide bonds. The second kappa shape index (κ2) is 9.51. The van der Waals surface area contributed by atoms with Crippen molar-refractivity contribution in [2.45, 2.75) is 29.4 Å². The van der Waals surface area contributed by atoms with E-state index >= 15 is 0 Å². The predicted octanol–water partition coefficient (Wildman–Crippen LogP) is 2.10. The van der Waals surface area contributed by atoms with Crippen molar-refractivity contribution < 1.29 is 28.0 Å². The van der Waals surface area contributed by atoms with E-state index < -0.39 is 20.5 Å². The van der Waals surface area contributed by atoms with E-state index in [1.807, 2.05) is 0 Å². The lowest BCUT2D eigenvalue weighted by Gasteiger charge is -2.39. The maximum Gasteiger partial charge on any atom is 0.265 e. The van der Waals surface area contributed by atoms with Gasteiger partial charge in [-0.25, -0.2) is 13.9 Å². The summed E-state index contributed by atoms with van der Waals surface area (Å²) in [6, 6.07) is 9.16. The number of ether oxygens (including phenoxy) is 1. The number of amides is 2. The Kier molecular flexibility index (Phi) is 7.00. The second-order valence-corrected chi connectivity index (χ2v) is 10.1. The number of nitrogens with zero attached hydrogens (tertiary/aromatic N) is 1. The first-order valence-corrected chi connectivity index (χ1v) is 11.9. The monoisotopic (exact) mass is 462 g/mol. The average Bonchev–Trinajstić information content (AvgIpc) is 3.33. The van der Waals surface area contributed by atoms with Gasteiger partial charge in [0.1, 0.15) is 12.4 Å². The van der Waals surface area contributed by atoms with Crippen molar-refractivity contribution >= 4 is 33.0 Å². The molecule has 1 saturated heterocycles. The van der Waals surface area contributed by atoms with Crippen LogP contribution in [0.3, 0.4) is 0 Å². The lowest BCUT2D eigenvalue weighted by Crippen LogP contribution is -2.58. The molecule has 164 valence electrons. The van der Waals surface area contributed by atoms with Gasteiger partial charge in [0.25, 0.3) is 11.8 Å². The molecule has 31 heavy (non-hydrogen) atoms. The first-order valence-electron chi connectivity index (χ1n) is 9.50. The Morgan fingerprint density at radius 1 is 1.23 bits per heavy atom. The minimum absolute atomic E-state index is 0.0666. The number of rotatable bonds is 6. The lowest BCUT2D eigenvalue weighted by molar-refractivity contribution is -0.133. The molecule has 0 radical (unpaired) electrons. The summed E-state index contributed by atoms with van der Waals surface area (Å²) in [5.41, 5.74) is 1.51. The fourth-order valence-corrected chi connectivity index (χ4v) is 6.13. The Morgan fingerprint density at radius 3 is 2.45 bits per heavy atom. The van der Waals surface area contributed by atoms with E-state index in [2.05, 4.69) is 11.8 Å². The highest BCUT2D eigenvalue weighted by molar-refractivity contribution is 7.93. The molecule has 1 aromatic carbocycles. The van der Waals surface area contributed by atoms with Crippen molar-refractivity contribution in [3.8, 4) is 17.6 Å². The number of hydrogen-bond acceptors (Lipinski definition) is 7. The molecular formula is C21H22N2O6S2. The summed E-state index contributed by atoms with van der Waals surface area (Å²) in [7, 11) is -4.17. The molecule has 1 aliphatic heterocycles. The van der Waals surface area contributed by atoms with Crippen LogP contribution in [0.15, 0.2) is 46.7 Å². The third kappa shape index (κ3) is 4.44. The van der Waals surface area contributed by atoms with Gasteiger partial charge in [-0.3, -0.25) is 14.8 Å². The molecular weight excluding hydrogens is 440 g/mol. The molecule has 8 nitrogen and oxygen atoms in total. The smallest absolute Gasteiger partial charge is 0.265 e. The second-order valence-electron chi connectivity index (χ2n) is 6.90. The number of thiophene rings is 1. The van der Waals surface area contributed by atoms with Gasteiger partial charge in [0.05, 0.1) is 9.77 Å². The van der Waals surface area contributed by atoms with Crippen molar-refractivity contribution in [1.29, 1.82) is 0 Å². The van der Waals surface area contributed by atoms with Crippen LogP contribution in [0.5, 0.6) is 5.75 Å². The van der Waals surface area contributed by atoms with Crippen LogP contribution >= 0.6 is 11.3 Å². The lowest BCUT2D eigenvalue weighted by atomic mass is 9.94. The molecule has 10 heteroatoms. The van der Waals surface area contributed by atoms with E-state index in [1.54, 1.807) is 24.4 Å². The van der Waals surface area contributed by atoms with E-state index in [0.717, 1.165) is 0 Å². The summed E-state index contributed by atoms with van der Waals surface area (Å²) >= 11 is 1.30. The van der Waals surface area contributed by atoms with Crippen LogP contribution in [-0.2, 0) is 14.6 Å². The summed E-state index contributed by atoms with van der Waals surface area (Å²) in [6.45, 7) is 2.00. The summed E-state index contributed by atoms with van der Waals surface area (Å²) < 4.78 is 30.4. The number of benzene rings is 1. The van der Waals surface area contributed by atoms with Gasteiger partial charge in [0, 0.05) is 13.1 Å². The van der Waals surface area contributed by atoms with Gasteiger partial charge < -0.3 is 9.64 Å². The predicted molar refractivity (Wildman–Crippen MR) is 115 cm³/mol. The molecule has 0 saturated carbocycles. The molecule has 1 aliphatic rings. The minimum Gasteiger partial charge on any atom is -0.481 e. The van der Waals surface area contributed by atoms with Crippen LogP contribution in [-0.4, -0.2) is 54.8 Å². The molecule has 2 aromatic rings. The Labute approximate surface area is 184 Å². The van der Waals surface area contributed by atoms with Crippen molar-refractivity contribution in [3.63, 3.8) is 0 Å². The topological polar surface area (TPSA) is 113 Å². The Morgan fingerprint density at radius 2 is 1.90 bits per heavy atom. The molecule has 3 rings (SSSR count). The van der Waals surface area contributed by atoms with Gasteiger partial charge in [-0.1, -0.05) is 12.0 Å². The standard InChI is InChI=1S/C21H22N2O6S2/c1-2-3-14-29-16-6-8-17(9-7-16)31(27,28)21(20(25)22-26)10-12-23(13-11-21)19(24)18-5-4-15-30-18/h4-9,15,26H,10-14H2,1H3,(H,22,25). The van der Waals surface area contributed by atoms with Gasteiger partial charge in [-0.2, -0.15) is 0 Å². The molecule has 0 atom stereocenters. The van der Waals surface area contributed by atoms with E-state index in [4.69, 9.17) is 4.74 Å². The summed E-state index contributed by atoms with van der Waals surface area (Å²) in [6.07, 6.45) is -0.271. The van der Waals surface area contributed by atoms with E-state index in [0.29, 0.717) is 10.6 Å². The van der Waals surface area contributed by atoms with E-state index in [9.17, 15) is 23.2 Å². The van der Waals surface area contributed by atoms with Gasteiger partial charge >= 0.3 is 0 Å². The zero-order valence-electron chi connectivity index (χ0n) is 16.8. The van der Waals surface area contributed by atoms with Crippen LogP contribution in [0.25, 0.3) is 0 Å². The minimum atomic E-state index is -4.17. The fourth-order valence-electron chi connectivity index (χ4n) is 3.48. The number of carbonyl (C=O) groups is 2. The number of hydroxylamine groups is 1. The molecule has 0 aliphatic carbocycles. The number of sulfone groups is 1. The van der Waals surface area contributed by atoms with Gasteiger partial charge in [0.2, 0.25) is 0 Å². The molecule has 0 bridgehead atoms. The van der Waals surface area contributed by atoms with Crippen molar-refractivity contribution in [3.05, 3.63) is 46.7 Å². The number of hydrogen-bond donors (Lipinski definition) is 2. The normalized spacial score (nSPS) is 15.5. The van der Waals surface area contributed by atoms with Crippen molar-refractivity contribution in [2.24, 2.45) is 0 Å². The molecule has 0 spiro atoms. The largest absolute Gasteiger partial charge is 0.481 e. The zero-order valence-corrected chi connectivity index (χ0v) is 18.5. The van der Waals surface area contributed by atoms with Gasteiger partial charge in [-0.05, 0) is 55.5 Å². The molecule has 1 fully saturated rings. The first-order chi connectivity index (χ1) is 14.9. The van der Waals surface area contributed by atoms with Gasteiger partial charge in [0.15, 0.2) is 14.6 Å². The molecule has 1 aromatic heterocycles. The fraction of sp³-hybridized carbons (Fsp3) is 0.333. The van der Waals surface area contributed by atoms with Gasteiger partial charge in [-0.15, -0.1) is 17.3 Å². The quantitative estimate of drug-likeness (QED) is 0.386. The number of carbonyl (C=O) groups excluding carboxylic acids is 2. The average molecular weight is 463 g/mol. The van der Waals surface area contributed by atoms with E-state index in [-0.39, 0.29) is 43.3 Å². The Bertz CT molecular complexity index is 1090. The third-order valence-electron chi connectivity index (χ3n) is 5.24. The highest BCUT2D eigenvalue weighted by Crippen LogP contribution is 2.37. The molecule has 2 heterocycles. The maximum absolute atomic E-state index is 13.4. The third-order valence-corrected chi connectivity index (χ3v) is 8.61. The number of piperidine rings is 1. The SMILES string of the molecule is CC#CCOc1ccc(S(=O)(=O)C2(C(=O)NO)CCN(C(=O)c3cccs3)CC2)cc1. The number of likely N-dealkylation sites (tertiary alicyclic amines) is 1.